The van der Waals surface area contributed by atoms with Crippen LogP contribution < -0.4 is 16.6 Å². The first kappa shape index (κ1) is 23.8. The summed E-state index contributed by atoms with van der Waals surface area (Å²) in [7, 11) is 0. The van der Waals surface area contributed by atoms with Gasteiger partial charge in [-0.25, -0.2) is 9.48 Å². The lowest BCUT2D eigenvalue weighted by atomic mass is 10.1. The molecule has 0 saturated heterocycles. The first-order valence-corrected chi connectivity index (χ1v) is 11.3. The summed E-state index contributed by atoms with van der Waals surface area (Å²) in [5.41, 5.74) is 8.98. The Morgan fingerprint density at radius 1 is 1.11 bits per heavy atom. The number of benzene rings is 2. The minimum Gasteiger partial charge on any atom is -0.450 e. The quantitative estimate of drug-likeness (QED) is 0.376. The number of carbonyl (C=O) groups is 1. The van der Waals surface area contributed by atoms with E-state index in [9.17, 15) is 9.59 Å². The van der Waals surface area contributed by atoms with Gasteiger partial charge < -0.3 is 15.0 Å². The van der Waals surface area contributed by atoms with E-state index in [0.29, 0.717) is 36.1 Å². The first-order chi connectivity index (χ1) is 17.1. The Morgan fingerprint density at radius 2 is 1.91 bits per heavy atom. The Hall–Kier alpha value is -4.31. The summed E-state index contributed by atoms with van der Waals surface area (Å²) in [6.45, 7) is 2.83. The fourth-order valence-electron chi connectivity index (χ4n) is 3.44. The average molecular weight is 475 g/mol. The van der Waals surface area contributed by atoms with Crippen LogP contribution in [0.4, 0.5) is 10.5 Å². The molecule has 0 fully saturated rings. The Labute approximate surface area is 201 Å². The Bertz CT molecular complexity index is 1350. The molecule has 2 heterocycles. The number of amides is 1. The van der Waals surface area contributed by atoms with Gasteiger partial charge in [0.25, 0.3) is 5.56 Å². The number of aryl methyl sites for hydroxylation is 1. The molecule has 10 nitrogen and oxygen atoms in total. The summed E-state index contributed by atoms with van der Waals surface area (Å²) in [6.07, 6.45) is 0.904. The number of hydrogen-bond acceptors (Lipinski definition) is 8. The predicted octanol–water partition coefficient (Wildman–Crippen LogP) is 3.47. The lowest BCUT2D eigenvalue weighted by molar-refractivity contribution is 0.168. The molecular formula is C25H26N6O4. The molecule has 0 bridgehead atoms. The molecule has 4 aromatic rings. The minimum absolute atomic E-state index is 0.231. The molecule has 0 aliphatic rings. The molecule has 2 aromatic heterocycles. The molecule has 0 aliphatic carbocycles. The van der Waals surface area contributed by atoms with Crippen molar-refractivity contribution in [2.24, 2.45) is 5.73 Å². The predicted molar refractivity (Wildman–Crippen MR) is 131 cm³/mol. The van der Waals surface area contributed by atoms with E-state index < -0.39 is 6.09 Å². The molecule has 4 rings (SSSR count). The van der Waals surface area contributed by atoms with Crippen molar-refractivity contribution in [1.82, 2.24) is 19.9 Å². The lowest BCUT2D eigenvalue weighted by Crippen LogP contribution is -2.23. The van der Waals surface area contributed by atoms with Crippen LogP contribution in [-0.4, -0.2) is 39.2 Å². The molecule has 2 aromatic carbocycles. The zero-order chi connectivity index (χ0) is 24.6. The monoisotopic (exact) mass is 474 g/mol. The van der Waals surface area contributed by atoms with Crippen molar-refractivity contribution < 1.29 is 14.1 Å². The van der Waals surface area contributed by atoms with Gasteiger partial charge in [-0.15, -0.1) is 0 Å². The number of hydrogen-bond donors (Lipinski definition) is 2. The molecule has 1 amide bonds. The van der Waals surface area contributed by atoms with E-state index in [4.69, 9.17) is 15.0 Å². The van der Waals surface area contributed by atoms with Crippen LogP contribution >= 0.6 is 0 Å². The number of ether oxygens (including phenoxy) is 1. The highest BCUT2D eigenvalue weighted by Gasteiger charge is 2.10. The third-order valence-electron chi connectivity index (χ3n) is 5.15. The van der Waals surface area contributed by atoms with Gasteiger partial charge in [-0.1, -0.05) is 41.6 Å². The highest BCUT2D eigenvalue weighted by molar-refractivity contribution is 5.84. The Morgan fingerprint density at radius 3 is 2.69 bits per heavy atom. The van der Waals surface area contributed by atoms with Crippen LogP contribution in [0.3, 0.4) is 0 Å². The molecule has 10 heteroatoms. The van der Waals surface area contributed by atoms with Crippen LogP contribution in [0, 0.1) is 0 Å². The van der Waals surface area contributed by atoms with Gasteiger partial charge in [0.2, 0.25) is 11.7 Å². The highest BCUT2D eigenvalue weighted by atomic mass is 16.5. The second-order valence-corrected chi connectivity index (χ2v) is 7.74. The smallest absolute Gasteiger partial charge is 0.411 e. The van der Waals surface area contributed by atoms with Crippen molar-refractivity contribution in [2.45, 2.75) is 26.3 Å². The zero-order valence-corrected chi connectivity index (χ0v) is 19.3. The van der Waals surface area contributed by atoms with Gasteiger partial charge >= 0.3 is 6.09 Å². The van der Waals surface area contributed by atoms with Crippen molar-refractivity contribution in [1.29, 1.82) is 0 Å². The van der Waals surface area contributed by atoms with E-state index in [1.54, 1.807) is 31.2 Å². The topological polar surface area (TPSA) is 138 Å². The molecule has 35 heavy (non-hydrogen) atoms. The molecule has 180 valence electrons. The van der Waals surface area contributed by atoms with Gasteiger partial charge in [0.15, 0.2) is 0 Å². The molecular weight excluding hydrogens is 448 g/mol. The minimum atomic E-state index is -0.530. The van der Waals surface area contributed by atoms with Crippen LogP contribution in [0.25, 0.3) is 22.6 Å². The average Bonchev–Trinajstić information content (AvgIpc) is 3.34. The third kappa shape index (κ3) is 6.18. The Kier molecular flexibility index (Phi) is 7.63. The van der Waals surface area contributed by atoms with Gasteiger partial charge in [0.1, 0.15) is 0 Å². The number of aromatic nitrogens is 4. The second kappa shape index (κ2) is 11.2. The molecule has 3 N–H and O–H groups in total. The summed E-state index contributed by atoms with van der Waals surface area (Å²) in [5, 5.41) is 11.2. The number of nitrogens with zero attached hydrogens (tertiary/aromatic N) is 4. The summed E-state index contributed by atoms with van der Waals surface area (Å²) in [6, 6.07) is 17.9. The fourth-order valence-corrected chi connectivity index (χ4v) is 3.44. The maximum absolute atomic E-state index is 12.4. The van der Waals surface area contributed by atoms with E-state index in [-0.39, 0.29) is 18.7 Å². The van der Waals surface area contributed by atoms with Gasteiger partial charge in [-0.3, -0.25) is 10.1 Å². The van der Waals surface area contributed by atoms with E-state index in [0.717, 1.165) is 23.1 Å². The van der Waals surface area contributed by atoms with E-state index in [1.165, 1.54) is 10.7 Å². The van der Waals surface area contributed by atoms with Crippen molar-refractivity contribution in [2.75, 3.05) is 18.5 Å². The van der Waals surface area contributed by atoms with Crippen molar-refractivity contribution in [3.8, 4) is 22.6 Å². The van der Waals surface area contributed by atoms with E-state index in [2.05, 4.69) is 20.6 Å². The van der Waals surface area contributed by atoms with Crippen molar-refractivity contribution >= 4 is 11.8 Å². The number of carbonyl (C=O) groups excluding carboxylic acids is 1. The summed E-state index contributed by atoms with van der Waals surface area (Å²) in [5.74, 6) is 1.07. The number of nitrogens with two attached hydrogens (primary N) is 1. The van der Waals surface area contributed by atoms with Gasteiger partial charge in [0, 0.05) is 29.3 Å². The van der Waals surface area contributed by atoms with Crippen LogP contribution in [0.5, 0.6) is 0 Å². The Balaban J connectivity index is 1.50. The van der Waals surface area contributed by atoms with Crippen LogP contribution in [0.15, 0.2) is 70.0 Å². The lowest BCUT2D eigenvalue weighted by Gasteiger charge is -2.10. The maximum atomic E-state index is 12.4. The summed E-state index contributed by atoms with van der Waals surface area (Å²) >= 11 is 0. The fraction of sp³-hybridized carbons (Fsp3) is 0.240. The summed E-state index contributed by atoms with van der Waals surface area (Å²) in [4.78, 5) is 28.5. The first-order valence-electron chi connectivity index (χ1n) is 11.3. The second-order valence-electron chi connectivity index (χ2n) is 7.74. The number of rotatable bonds is 9. The van der Waals surface area contributed by atoms with Gasteiger partial charge in [-0.05, 0) is 43.7 Å². The van der Waals surface area contributed by atoms with Crippen LogP contribution in [0.2, 0.25) is 0 Å². The van der Waals surface area contributed by atoms with E-state index in [1.807, 2.05) is 30.3 Å². The largest absolute Gasteiger partial charge is 0.450 e. The van der Waals surface area contributed by atoms with Crippen LogP contribution in [0.1, 0.15) is 24.8 Å². The molecule has 0 spiro atoms. The highest BCUT2D eigenvalue weighted by Crippen LogP contribution is 2.22. The normalized spacial score (nSPS) is 10.8. The zero-order valence-electron chi connectivity index (χ0n) is 19.3. The van der Waals surface area contributed by atoms with Crippen molar-refractivity contribution in [3.05, 3.63) is 82.5 Å². The standard InChI is InChI=1S/C25H26N6O4/c1-2-34-25(33)27-20-6-3-5-17(15-20)16-31-23(32)13-12-21(29-31)18-8-10-19(11-9-18)24-28-22(35-30-24)7-4-14-26/h3,5-6,8-13,15H,2,4,7,14,16,26H2,1H3,(H,27,33). The molecule has 0 aliphatic heterocycles. The van der Waals surface area contributed by atoms with E-state index >= 15 is 0 Å². The number of anilines is 1. The maximum Gasteiger partial charge on any atom is 0.411 e. The SMILES string of the molecule is CCOC(=O)Nc1cccc(Cn2nc(-c3ccc(-c4noc(CCCN)n4)cc3)ccc2=O)c1. The molecule has 0 unspecified atom stereocenters. The van der Waals surface area contributed by atoms with Crippen LogP contribution in [-0.2, 0) is 17.7 Å². The molecule has 0 radical (unpaired) electrons. The number of nitrogens with one attached hydrogen (secondary N) is 1. The molecule has 0 atom stereocenters. The van der Waals surface area contributed by atoms with Crippen molar-refractivity contribution in [3.63, 3.8) is 0 Å². The molecule has 0 saturated carbocycles. The van der Waals surface area contributed by atoms with Gasteiger partial charge in [-0.2, -0.15) is 10.1 Å². The summed E-state index contributed by atoms with van der Waals surface area (Å²) < 4.78 is 11.6. The van der Waals surface area contributed by atoms with Gasteiger partial charge in [0.05, 0.1) is 18.8 Å². The third-order valence-corrected chi connectivity index (χ3v) is 5.15.